The number of halogens is 2. The Morgan fingerprint density at radius 1 is 1.09 bits per heavy atom. The Bertz CT molecular complexity index is 1110. The number of hydrogen-bond acceptors (Lipinski definition) is 6. The molecule has 9 heteroatoms. The third-order valence-corrected chi connectivity index (χ3v) is 5.17. The van der Waals surface area contributed by atoms with Gasteiger partial charge in [-0.3, -0.25) is 4.79 Å². The first-order valence-corrected chi connectivity index (χ1v) is 10.5. The number of amides is 1. The van der Waals surface area contributed by atoms with Crippen LogP contribution in [-0.2, 0) is 9.53 Å². The summed E-state index contributed by atoms with van der Waals surface area (Å²) in [6.07, 6.45) is 0. The first-order valence-electron chi connectivity index (χ1n) is 10.5. The number of nitrogens with zero attached hydrogens (tertiary/aromatic N) is 3. The highest BCUT2D eigenvalue weighted by molar-refractivity contribution is 5.95. The Morgan fingerprint density at radius 3 is 2.58 bits per heavy atom. The highest BCUT2D eigenvalue weighted by Gasteiger charge is 2.20. The van der Waals surface area contributed by atoms with E-state index in [1.807, 2.05) is 16.8 Å². The molecule has 1 saturated heterocycles. The van der Waals surface area contributed by atoms with Crippen LogP contribution < -0.4 is 19.9 Å². The lowest BCUT2D eigenvalue weighted by Crippen LogP contribution is -2.37. The molecule has 1 amide bonds. The molecule has 3 aromatic rings. The number of carbonyl (C=O) groups excluding carboxylic acids is 1. The molecule has 1 fully saturated rings. The molecule has 1 aromatic heterocycles. The number of morpholine rings is 1. The Labute approximate surface area is 190 Å². The van der Waals surface area contributed by atoms with Gasteiger partial charge in [-0.25, -0.2) is 13.8 Å². The molecule has 0 spiro atoms. The van der Waals surface area contributed by atoms with Gasteiger partial charge in [-0.05, 0) is 48.5 Å². The van der Waals surface area contributed by atoms with Crippen LogP contribution in [0, 0.1) is 11.6 Å². The summed E-state index contributed by atoms with van der Waals surface area (Å²) in [5.74, 6) is 0.365. The number of benzene rings is 2. The average molecular weight is 454 g/mol. The second kappa shape index (κ2) is 10.3. The minimum absolute atomic E-state index is 0.271. The second-order valence-electron chi connectivity index (χ2n) is 7.47. The average Bonchev–Trinajstić information content (AvgIpc) is 2.84. The van der Waals surface area contributed by atoms with Gasteiger partial charge in [0.05, 0.1) is 18.9 Å². The number of ether oxygens (including phenoxy) is 2. The van der Waals surface area contributed by atoms with Crippen LogP contribution in [0.2, 0.25) is 0 Å². The molecule has 0 bridgehead atoms. The molecule has 0 unspecified atom stereocenters. The Hall–Kier alpha value is -3.72. The maximum absolute atomic E-state index is 13.3. The molecule has 7 nitrogen and oxygen atoms in total. The maximum atomic E-state index is 13.3. The Balaban J connectivity index is 1.53. The molecular weight excluding hydrogens is 430 g/mol. The van der Waals surface area contributed by atoms with Gasteiger partial charge in [0.25, 0.3) is 5.91 Å². The standard InChI is InChI=1S/C24H24F2N4O3/c1-29(19-7-5-17(25)6-8-19)22-10-9-21(24(28-22)30-11-13-32-14-12-30)27-23(31)16-33-20-4-2-3-18(26)15-20/h2-10,15H,11-14,16H2,1H3,(H,27,31). The predicted molar refractivity (Wildman–Crippen MR) is 122 cm³/mol. The maximum Gasteiger partial charge on any atom is 0.262 e. The summed E-state index contributed by atoms with van der Waals surface area (Å²) >= 11 is 0. The van der Waals surface area contributed by atoms with Gasteiger partial charge in [0.1, 0.15) is 23.2 Å². The lowest BCUT2D eigenvalue weighted by atomic mass is 10.2. The minimum Gasteiger partial charge on any atom is -0.484 e. The fraction of sp³-hybridized carbons (Fsp3) is 0.250. The van der Waals surface area contributed by atoms with Crippen molar-refractivity contribution in [2.45, 2.75) is 0 Å². The summed E-state index contributed by atoms with van der Waals surface area (Å²) in [6, 6.07) is 15.3. The normalized spacial score (nSPS) is 13.5. The van der Waals surface area contributed by atoms with E-state index >= 15 is 0 Å². The fourth-order valence-electron chi connectivity index (χ4n) is 3.43. The van der Waals surface area contributed by atoms with E-state index in [0.717, 1.165) is 5.69 Å². The first-order chi connectivity index (χ1) is 16.0. The first kappa shape index (κ1) is 22.5. The summed E-state index contributed by atoms with van der Waals surface area (Å²) < 4.78 is 37.5. The van der Waals surface area contributed by atoms with Gasteiger partial charge in [0, 0.05) is 31.9 Å². The second-order valence-corrected chi connectivity index (χ2v) is 7.47. The van der Waals surface area contributed by atoms with E-state index in [2.05, 4.69) is 5.32 Å². The van der Waals surface area contributed by atoms with Crippen molar-refractivity contribution in [2.75, 3.05) is 55.1 Å². The van der Waals surface area contributed by atoms with E-state index < -0.39 is 11.7 Å². The molecule has 1 aliphatic rings. The van der Waals surface area contributed by atoms with Gasteiger partial charge in [0.2, 0.25) is 0 Å². The van der Waals surface area contributed by atoms with Crippen molar-refractivity contribution in [3.63, 3.8) is 0 Å². The number of rotatable bonds is 7. The largest absolute Gasteiger partial charge is 0.484 e. The van der Waals surface area contributed by atoms with Crippen LogP contribution in [-0.4, -0.2) is 50.8 Å². The zero-order chi connectivity index (χ0) is 23.2. The van der Waals surface area contributed by atoms with Crippen molar-refractivity contribution in [2.24, 2.45) is 0 Å². The van der Waals surface area contributed by atoms with E-state index in [-0.39, 0.29) is 18.2 Å². The van der Waals surface area contributed by atoms with Crippen LogP contribution in [0.1, 0.15) is 0 Å². The predicted octanol–water partition coefficient (Wildman–Crippen LogP) is 3.98. The van der Waals surface area contributed by atoms with Crippen molar-refractivity contribution in [1.82, 2.24) is 4.98 Å². The van der Waals surface area contributed by atoms with E-state index in [1.54, 1.807) is 30.3 Å². The van der Waals surface area contributed by atoms with Crippen LogP contribution in [0.15, 0.2) is 60.7 Å². The summed E-state index contributed by atoms with van der Waals surface area (Å²) in [4.78, 5) is 21.2. The van der Waals surface area contributed by atoms with Crippen molar-refractivity contribution in [1.29, 1.82) is 0 Å². The van der Waals surface area contributed by atoms with Crippen molar-refractivity contribution in [3.8, 4) is 5.75 Å². The van der Waals surface area contributed by atoms with E-state index in [9.17, 15) is 13.6 Å². The molecule has 33 heavy (non-hydrogen) atoms. The topological polar surface area (TPSA) is 66.9 Å². The molecular formula is C24H24F2N4O3. The molecule has 0 aliphatic carbocycles. The zero-order valence-corrected chi connectivity index (χ0v) is 18.1. The lowest BCUT2D eigenvalue weighted by Gasteiger charge is -2.30. The molecule has 0 atom stereocenters. The van der Waals surface area contributed by atoms with Crippen molar-refractivity contribution < 1.29 is 23.0 Å². The van der Waals surface area contributed by atoms with Gasteiger partial charge < -0.3 is 24.6 Å². The van der Waals surface area contributed by atoms with Crippen LogP contribution in [0.25, 0.3) is 0 Å². The summed E-state index contributed by atoms with van der Waals surface area (Å²) in [5.41, 5.74) is 1.30. The lowest BCUT2D eigenvalue weighted by molar-refractivity contribution is -0.118. The van der Waals surface area contributed by atoms with Crippen LogP contribution >= 0.6 is 0 Å². The molecule has 1 N–H and O–H groups in total. The molecule has 2 aromatic carbocycles. The van der Waals surface area contributed by atoms with Crippen LogP contribution in [0.3, 0.4) is 0 Å². The number of aromatic nitrogens is 1. The number of pyridine rings is 1. The number of carbonyl (C=O) groups is 1. The van der Waals surface area contributed by atoms with E-state index in [4.69, 9.17) is 14.5 Å². The van der Waals surface area contributed by atoms with Crippen molar-refractivity contribution >= 4 is 28.9 Å². The van der Waals surface area contributed by atoms with Crippen LogP contribution in [0.4, 0.5) is 31.8 Å². The Morgan fingerprint density at radius 2 is 1.85 bits per heavy atom. The minimum atomic E-state index is -0.437. The van der Waals surface area contributed by atoms with Gasteiger partial charge in [-0.2, -0.15) is 0 Å². The van der Waals surface area contributed by atoms with E-state index in [1.165, 1.54) is 30.3 Å². The highest BCUT2D eigenvalue weighted by Crippen LogP contribution is 2.30. The monoisotopic (exact) mass is 454 g/mol. The molecule has 172 valence electrons. The zero-order valence-electron chi connectivity index (χ0n) is 18.1. The Kier molecular flexibility index (Phi) is 6.99. The highest BCUT2D eigenvalue weighted by atomic mass is 19.1. The van der Waals surface area contributed by atoms with Crippen LogP contribution in [0.5, 0.6) is 5.75 Å². The molecule has 0 radical (unpaired) electrons. The molecule has 2 heterocycles. The number of nitrogens with one attached hydrogen (secondary N) is 1. The van der Waals surface area contributed by atoms with Gasteiger partial charge in [-0.1, -0.05) is 6.07 Å². The number of anilines is 4. The molecule has 0 saturated carbocycles. The molecule has 1 aliphatic heterocycles. The van der Waals surface area contributed by atoms with Gasteiger partial charge >= 0.3 is 0 Å². The van der Waals surface area contributed by atoms with E-state index in [0.29, 0.717) is 43.6 Å². The third kappa shape index (κ3) is 5.75. The smallest absolute Gasteiger partial charge is 0.262 e. The SMILES string of the molecule is CN(c1ccc(F)cc1)c1ccc(NC(=O)COc2cccc(F)c2)c(N2CCOCC2)n1. The summed E-state index contributed by atoms with van der Waals surface area (Å²) in [7, 11) is 1.84. The summed E-state index contributed by atoms with van der Waals surface area (Å²) in [5, 5.41) is 2.84. The summed E-state index contributed by atoms with van der Waals surface area (Å²) in [6.45, 7) is 2.08. The number of hydrogen-bond donors (Lipinski definition) is 1. The third-order valence-electron chi connectivity index (χ3n) is 5.17. The quantitative estimate of drug-likeness (QED) is 0.583. The fourth-order valence-corrected chi connectivity index (χ4v) is 3.43. The van der Waals surface area contributed by atoms with Gasteiger partial charge in [-0.15, -0.1) is 0 Å². The van der Waals surface area contributed by atoms with Gasteiger partial charge in [0.15, 0.2) is 12.4 Å². The van der Waals surface area contributed by atoms with Crippen molar-refractivity contribution in [3.05, 3.63) is 72.3 Å². The molecule has 4 rings (SSSR count).